The summed E-state index contributed by atoms with van der Waals surface area (Å²) >= 11 is 0. The van der Waals surface area contributed by atoms with Gasteiger partial charge in [0.05, 0.1) is 8.15 Å². The zero-order valence-electron chi connectivity index (χ0n) is 10.6. The lowest BCUT2D eigenvalue weighted by Crippen LogP contribution is -2.33. The third-order valence-corrected chi connectivity index (χ3v) is 6.04. The van der Waals surface area contributed by atoms with E-state index in [9.17, 15) is 0 Å². The molecule has 0 bridgehead atoms. The molecule has 17 heavy (non-hydrogen) atoms. The molecule has 0 heterocycles. The van der Waals surface area contributed by atoms with Crippen LogP contribution in [0.2, 0.25) is 0 Å². The van der Waals surface area contributed by atoms with E-state index in [-0.39, 0.29) is 5.16 Å². The molecule has 0 radical (unpaired) electrons. The minimum absolute atomic E-state index is 0.0835. The molecule has 90 valence electrons. The van der Waals surface area contributed by atoms with Crippen LogP contribution in [0.25, 0.3) is 0 Å². The van der Waals surface area contributed by atoms with E-state index in [1.165, 1.54) is 5.30 Å². The predicted octanol–water partition coefficient (Wildman–Crippen LogP) is 3.88. The summed E-state index contributed by atoms with van der Waals surface area (Å²) in [5, 5.41) is 1.39. The number of allylic oxidation sites excluding steroid dienone is 4. The lowest BCUT2D eigenvalue weighted by molar-refractivity contribution is 0.433. The predicted molar refractivity (Wildman–Crippen MR) is 75.9 cm³/mol. The Kier molecular flexibility index (Phi) is 3.81. The van der Waals surface area contributed by atoms with E-state index < -0.39 is 8.15 Å². The second-order valence-electron chi connectivity index (χ2n) is 4.57. The summed E-state index contributed by atoms with van der Waals surface area (Å²) in [5.74, 6) is 0.499. The minimum Gasteiger partial charge on any atom is -0.357 e. The SMILES string of the molecule is COP(c1ccccc1)C1(C)C=CC=CC1C. The van der Waals surface area contributed by atoms with Crippen molar-refractivity contribution in [3.63, 3.8) is 0 Å². The number of hydrogen-bond donors (Lipinski definition) is 0. The molecule has 3 atom stereocenters. The number of benzene rings is 1. The van der Waals surface area contributed by atoms with E-state index >= 15 is 0 Å². The first-order valence-corrected chi connectivity index (χ1v) is 7.20. The van der Waals surface area contributed by atoms with Crippen molar-refractivity contribution in [2.75, 3.05) is 7.11 Å². The maximum atomic E-state index is 5.83. The van der Waals surface area contributed by atoms with E-state index in [4.69, 9.17) is 4.52 Å². The van der Waals surface area contributed by atoms with Gasteiger partial charge in [0.25, 0.3) is 0 Å². The summed E-state index contributed by atoms with van der Waals surface area (Å²) in [6.07, 6.45) is 8.81. The van der Waals surface area contributed by atoms with Gasteiger partial charge in [-0.05, 0) is 12.8 Å². The van der Waals surface area contributed by atoms with Crippen LogP contribution in [0.1, 0.15) is 13.8 Å². The fraction of sp³-hybridized carbons (Fsp3) is 0.333. The summed E-state index contributed by atoms with van der Waals surface area (Å²) in [6, 6.07) is 10.5. The molecule has 1 aliphatic carbocycles. The Morgan fingerprint density at radius 1 is 1.18 bits per heavy atom. The molecule has 3 unspecified atom stereocenters. The van der Waals surface area contributed by atoms with Crippen LogP contribution in [-0.2, 0) is 4.52 Å². The van der Waals surface area contributed by atoms with Crippen molar-refractivity contribution in [3.8, 4) is 0 Å². The summed E-state index contributed by atoms with van der Waals surface area (Å²) in [7, 11) is 1.19. The highest BCUT2D eigenvalue weighted by molar-refractivity contribution is 7.62. The molecule has 0 saturated heterocycles. The lowest BCUT2D eigenvalue weighted by atomic mass is 9.91. The van der Waals surface area contributed by atoms with Crippen LogP contribution in [0.5, 0.6) is 0 Å². The molecule has 0 fully saturated rings. The quantitative estimate of drug-likeness (QED) is 0.735. The number of rotatable bonds is 3. The maximum absolute atomic E-state index is 5.83. The average Bonchev–Trinajstić information content (AvgIpc) is 2.35. The summed E-state index contributed by atoms with van der Waals surface area (Å²) in [6.45, 7) is 4.55. The Bertz CT molecular complexity index is 424. The lowest BCUT2D eigenvalue weighted by Gasteiger charge is -2.39. The van der Waals surface area contributed by atoms with Crippen LogP contribution < -0.4 is 5.30 Å². The molecule has 1 nitrogen and oxygen atoms in total. The zero-order valence-corrected chi connectivity index (χ0v) is 11.5. The zero-order chi connectivity index (χ0) is 12.3. The molecule has 0 saturated carbocycles. The van der Waals surface area contributed by atoms with E-state index in [1.807, 2.05) is 7.11 Å². The van der Waals surface area contributed by atoms with Crippen molar-refractivity contribution in [1.82, 2.24) is 0 Å². The van der Waals surface area contributed by atoms with Crippen LogP contribution in [0.3, 0.4) is 0 Å². The van der Waals surface area contributed by atoms with Crippen LogP contribution in [0.4, 0.5) is 0 Å². The van der Waals surface area contributed by atoms with E-state index in [0.717, 1.165) is 0 Å². The van der Waals surface area contributed by atoms with Gasteiger partial charge >= 0.3 is 0 Å². The Balaban J connectivity index is 2.36. The molecule has 2 rings (SSSR count). The van der Waals surface area contributed by atoms with Gasteiger partial charge in [0, 0.05) is 17.6 Å². The summed E-state index contributed by atoms with van der Waals surface area (Å²) in [4.78, 5) is 0. The van der Waals surface area contributed by atoms with Crippen LogP contribution in [0, 0.1) is 5.92 Å². The largest absolute Gasteiger partial charge is 0.357 e. The highest BCUT2D eigenvalue weighted by Gasteiger charge is 2.38. The van der Waals surface area contributed by atoms with Crippen LogP contribution >= 0.6 is 8.15 Å². The Hall–Kier alpha value is -0.910. The summed E-state index contributed by atoms with van der Waals surface area (Å²) in [5.41, 5.74) is 0. The molecule has 2 heteroatoms. The van der Waals surface area contributed by atoms with Gasteiger partial charge in [-0.25, -0.2) is 0 Å². The highest BCUT2D eigenvalue weighted by atomic mass is 31.1. The number of hydrogen-bond acceptors (Lipinski definition) is 1. The van der Waals surface area contributed by atoms with E-state index in [1.54, 1.807) is 0 Å². The molecule has 0 aliphatic heterocycles. The third-order valence-electron chi connectivity index (χ3n) is 3.48. The van der Waals surface area contributed by atoms with Gasteiger partial charge in [-0.3, -0.25) is 0 Å². The Labute approximate surface area is 105 Å². The monoisotopic (exact) mass is 246 g/mol. The van der Waals surface area contributed by atoms with Crippen molar-refractivity contribution in [1.29, 1.82) is 0 Å². The summed E-state index contributed by atoms with van der Waals surface area (Å²) < 4.78 is 5.83. The first kappa shape index (κ1) is 12.5. The topological polar surface area (TPSA) is 9.23 Å². The fourth-order valence-corrected chi connectivity index (χ4v) is 4.50. The van der Waals surface area contributed by atoms with E-state index in [0.29, 0.717) is 5.92 Å². The molecule has 0 amide bonds. The first-order chi connectivity index (χ1) is 8.18. The molecule has 1 aromatic carbocycles. The average molecular weight is 246 g/mol. The van der Waals surface area contributed by atoms with Crippen LogP contribution in [0.15, 0.2) is 54.6 Å². The Morgan fingerprint density at radius 2 is 1.88 bits per heavy atom. The van der Waals surface area contributed by atoms with Crippen molar-refractivity contribution in [2.24, 2.45) is 5.92 Å². The Morgan fingerprint density at radius 3 is 2.47 bits per heavy atom. The smallest absolute Gasteiger partial charge is 0.0704 e. The molecule has 1 aliphatic rings. The molecule has 0 N–H and O–H groups in total. The fourth-order valence-electron chi connectivity index (χ4n) is 2.22. The molecular weight excluding hydrogens is 227 g/mol. The third kappa shape index (κ3) is 2.36. The van der Waals surface area contributed by atoms with Gasteiger partial charge < -0.3 is 4.52 Å². The van der Waals surface area contributed by atoms with Gasteiger partial charge in [0.2, 0.25) is 0 Å². The van der Waals surface area contributed by atoms with Gasteiger partial charge in [-0.2, -0.15) is 0 Å². The van der Waals surface area contributed by atoms with Crippen molar-refractivity contribution in [2.45, 2.75) is 19.0 Å². The second kappa shape index (κ2) is 5.16. The molecule has 0 spiro atoms. The molecular formula is C15H19OP. The normalized spacial score (nSPS) is 29.2. The standard InChI is InChI=1S/C15H19OP/c1-13-9-7-8-12-15(13,2)17(16-3)14-10-5-4-6-11-14/h4-13H,1-3H3. The van der Waals surface area contributed by atoms with Gasteiger partial charge in [0.15, 0.2) is 0 Å². The van der Waals surface area contributed by atoms with Gasteiger partial charge in [-0.1, -0.05) is 61.6 Å². The maximum Gasteiger partial charge on any atom is 0.0704 e. The van der Waals surface area contributed by atoms with Gasteiger partial charge in [-0.15, -0.1) is 0 Å². The van der Waals surface area contributed by atoms with Crippen LogP contribution in [-0.4, -0.2) is 12.3 Å². The van der Waals surface area contributed by atoms with Crippen molar-refractivity contribution >= 4 is 13.5 Å². The first-order valence-electron chi connectivity index (χ1n) is 5.94. The molecule has 0 aromatic heterocycles. The highest BCUT2D eigenvalue weighted by Crippen LogP contribution is 2.55. The molecule has 1 aromatic rings. The minimum atomic E-state index is -0.631. The van der Waals surface area contributed by atoms with Gasteiger partial charge in [0.1, 0.15) is 0 Å². The van der Waals surface area contributed by atoms with Crippen molar-refractivity contribution in [3.05, 3.63) is 54.6 Å². The van der Waals surface area contributed by atoms with Crippen molar-refractivity contribution < 1.29 is 4.52 Å². The van der Waals surface area contributed by atoms with E-state index in [2.05, 4.69) is 68.5 Å². The second-order valence-corrected chi connectivity index (χ2v) is 7.00.